The molecule has 2 saturated heterocycles. The summed E-state index contributed by atoms with van der Waals surface area (Å²) >= 11 is 0. The van der Waals surface area contributed by atoms with Crippen LogP contribution in [0.5, 0.6) is 0 Å². The molecule has 0 saturated carbocycles. The number of hydrogen-bond donors (Lipinski definition) is 0. The molecule has 2 fully saturated rings. The molecule has 0 atom stereocenters. The molecule has 0 aliphatic carbocycles. The van der Waals surface area contributed by atoms with E-state index in [1.165, 1.54) is 17.7 Å². The van der Waals surface area contributed by atoms with Crippen molar-refractivity contribution >= 4 is 5.91 Å². The SMILES string of the molecule is CC.CN1CC(c2cccc(C(=O)N3CCC(Cc4ccc(F)cc4)CC3)n2)C1. The molecular weight excluding hydrogens is 365 g/mol. The van der Waals surface area contributed by atoms with E-state index in [-0.39, 0.29) is 11.7 Å². The van der Waals surface area contributed by atoms with Gasteiger partial charge in [-0.05, 0) is 62.1 Å². The highest BCUT2D eigenvalue weighted by Crippen LogP contribution is 2.25. The van der Waals surface area contributed by atoms with Crippen LogP contribution in [0.25, 0.3) is 0 Å². The van der Waals surface area contributed by atoms with Crippen LogP contribution in [0.1, 0.15) is 54.4 Å². The number of likely N-dealkylation sites (tertiary alicyclic amines) is 2. The minimum Gasteiger partial charge on any atom is -0.337 e. The van der Waals surface area contributed by atoms with Gasteiger partial charge < -0.3 is 9.80 Å². The van der Waals surface area contributed by atoms with Gasteiger partial charge in [0.05, 0.1) is 0 Å². The first-order valence-electron chi connectivity index (χ1n) is 10.8. The molecule has 2 aliphatic heterocycles. The first kappa shape index (κ1) is 21.4. The molecular formula is C24H32FN3O. The lowest BCUT2D eigenvalue weighted by Gasteiger charge is -2.36. The molecule has 0 unspecified atom stereocenters. The zero-order valence-corrected chi connectivity index (χ0v) is 17.8. The third-order valence-electron chi connectivity index (χ3n) is 5.81. The van der Waals surface area contributed by atoms with Crippen molar-refractivity contribution < 1.29 is 9.18 Å². The zero-order chi connectivity index (χ0) is 20.8. The number of benzene rings is 1. The van der Waals surface area contributed by atoms with Gasteiger partial charge in [-0.1, -0.05) is 32.0 Å². The minimum atomic E-state index is -0.192. The highest BCUT2D eigenvalue weighted by Gasteiger charge is 2.28. The van der Waals surface area contributed by atoms with E-state index in [2.05, 4.69) is 16.9 Å². The predicted octanol–water partition coefficient (Wildman–Crippen LogP) is 4.37. The van der Waals surface area contributed by atoms with E-state index in [0.717, 1.165) is 51.1 Å². The van der Waals surface area contributed by atoms with Gasteiger partial charge >= 0.3 is 0 Å². The molecule has 0 spiro atoms. The number of rotatable bonds is 4. The fourth-order valence-corrected chi connectivity index (χ4v) is 4.14. The molecule has 0 N–H and O–H groups in total. The number of halogens is 1. The summed E-state index contributed by atoms with van der Waals surface area (Å²) in [7, 11) is 2.10. The summed E-state index contributed by atoms with van der Waals surface area (Å²) in [5, 5.41) is 0. The van der Waals surface area contributed by atoms with Crippen molar-refractivity contribution in [1.82, 2.24) is 14.8 Å². The van der Waals surface area contributed by atoms with Gasteiger partial charge in [0.2, 0.25) is 0 Å². The van der Waals surface area contributed by atoms with Crippen LogP contribution in [0.3, 0.4) is 0 Å². The number of hydrogen-bond acceptors (Lipinski definition) is 3. The lowest BCUT2D eigenvalue weighted by molar-refractivity contribution is 0.0683. The second-order valence-electron chi connectivity index (χ2n) is 7.93. The Morgan fingerprint density at radius 2 is 1.72 bits per heavy atom. The standard InChI is InChI=1S/C22H26FN3O.C2H6/c1-25-14-18(15-25)20-3-2-4-21(24-20)22(27)26-11-9-17(10-12-26)13-16-5-7-19(23)8-6-16;1-2/h2-8,17-18H,9-15H2,1H3;1-2H3. The summed E-state index contributed by atoms with van der Waals surface area (Å²) in [6.45, 7) is 7.56. The number of nitrogens with zero attached hydrogens (tertiary/aromatic N) is 3. The third kappa shape index (κ3) is 5.41. The van der Waals surface area contributed by atoms with Crippen LogP contribution < -0.4 is 0 Å². The van der Waals surface area contributed by atoms with Crippen LogP contribution >= 0.6 is 0 Å². The Kier molecular flexibility index (Phi) is 7.37. The predicted molar refractivity (Wildman–Crippen MR) is 115 cm³/mol. The van der Waals surface area contributed by atoms with E-state index in [1.807, 2.05) is 49.1 Å². The lowest BCUT2D eigenvalue weighted by atomic mass is 9.90. The summed E-state index contributed by atoms with van der Waals surface area (Å²) in [5.41, 5.74) is 2.77. The van der Waals surface area contributed by atoms with E-state index < -0.39 is 0 Å². The monoisotopic (exact) mass is 397 g/mol. The minimum absolute atomic E-state index is 0.0461. The van der Waals surface area contributed by atoms with Crippen molar-refractivity contribution in [3.63, 3.8) is 0 Å². The number of amides is 1. The van der Waals surface area contributed by atoms with Crippen LogP contribution in [0.4, 0.5) is 4.39 Å². The number of aromatic nitrogens is 1. The Hall–Kier alpha value is -2.27. The van der Waals surface area contributed by atoms with Gasteiger partial charge in [0.25, 0.3) is 5.91 Å². The van der Waals surface area contributed by atoms with Gasteiger partial charge in [-0.2, -0.15) is 0 Å². The van der Waals surface area contributed by atoms with E-state index in [0.29, 0.717) is 17.5 Å². The van der Waals surface area contributed by atoms with E-state index >= 15 is 0 Å². The summed E-state index contributed by atoms with van der Waals surface area (Å²) in [6.07, 6.45) is 2.91. The molecule has 1 aromatic carbocycles. The van der Waals surface area contributed by atoms with Crippen LogP contribution in [-0.4, -0.2) is 53.9 Å². The fourth-order valence-electron chi connectivity index (χ4n) is 4.14. The maximum Gasteiger partial charge on any atom is 0.272 e. The number of pyridine rings is 1. The van der Waals surface area contributed by atoms with E-state index in [1.54, 1.807) is 0 Å². The lowest BCUT2D eigenvalue weighted by Crippen LogP contribution is -2.42. The Morgan fingerprint density at radius 1 is 1.07 bits per heavy atom. The first-order valence-corrected chi connectivity index (χ1v) is 10.8. The smallest absolute Gasteiger partial charge is 0.272 e. The second-order valence-corrected chi connectivity index (χ2v) is 7.93. The first-order chi connectivity index (χ1) is 14.1. The van der Waals surface area contributed by atoms with Crippen LogP contribution in [0, 0.1) is 11.7 Å². The van der Waals surface area contributed by atoms with Crippen molar-refractivity contribution in [2.24, 2.45) is 5.92 Å². The number of piperidine rings is 1. The highest BCUT2D eigenvalue weighted by atomic mass is 19.1. The maximum atomic E-state index is 13.0. The molecule has 4 nitrogen and oxygen atoms in total. The van der Waals surface area contributed by atoms with Crippen LogP contribution in [0.15, 0.2) is 42.5 Å². The summed E-state index contributed by atoms with van der Waals surface area (Å²) in [6, 6.07) is 12.6. The molecule has 5 heteroatoms. The Labute approximate surface area is 173 Å². The zero-order valence-electron chi connectivity index (χ0n) is 17.8. The molecule has 156 valence electrons. The molecule has 2 aromatic rings. The van der Waals surface area contributed by atoms with Crippen molar-refractivity contribution in [1.29, 1.82) is 0 Å². The molecule has 0 radical (unpaired) electrons. The summed E-state index contributed by atoms with van der Waals surface area (Å²) in [5.74, 6) is 0.848. The molecule has 4 rings (SSSR count). The number of carbonyl (C=O) groups excluding carboxylic acids is 1. The van der Waals surface area contributed by atoms with E-state index in [9.17, 15) is 9.18 Å². The van der Waals surface area contributed by atoms with Gasteiger partial charge in [0.15, 0.2) is 0 Å². The topological polar surface area (TPSA) is 36.4 Å². The van der Waals surface area contributed by atoms with Gasteiger partial charge in [-0.15, -0.1) is 0 Å². The van der Waals surface area contributed by atoms with Gasteiger partial charge in [0, 0.05) is 37.8 Å². The Balaban J connectivity index is 0.00000117. The van der Waals surface area contributed by atoms with Gasteiger partial charge in [-0.25, -0.2) is 9.37 Å². The van der Waals surface area contributed by atoms with Crippen molar-refractivity contribution in [3.8, 4) is 0 Å². The van der Waals surface area contributed by atoms with Crippen LogP contribution in [-0.2, 0) is 6.42 Å². The van der Waals surface area contributed by atoms with Crippen molar-refractivity contribution in [2.45, 2.75) is 39.0 Å². The van der Waals surface area contributed by atoms with Crippen LogP contribution in [0.2, 0.25) is 0 Å². The van der Waals surface area contributed by atoms with E-state index in [4.69, 9.17) is 0 Å². The molecule has 3 heterocycles. The molecule has 2 aliphatic rings. The molecule has 1 aromatic heterocycles. The molecule has 0 bridgehead atoms. The summed E-state index contributed by atoms with van der Waals surface area (Å²) in [4.78, 5) is 21.7. The quantitative estimate of drug-likeness (QED) is 0.769. The normalized spacial score (nSPS) is 18.0. The van der Waals surface area contributed by atoms with Crippen molar-refractivity contribution in [3.05, 3.63) is 65.2 Å². The van der Waals surface area contributed by atoms with Gasteiger partial charge in [0.1, 0.15) is 11.5 Å². The van der Waals surface area contributed by atoms with Gasteiger partial charge in [-0.3, -0.25) is 4.79 Å². The second kappa shape index (κ2) is 9.97. The average molecular weight is 398 g/mol. The largest absolute Gasteiger partial charge is 0.337 e. The third-order valence-corrected chi connectivity index (χ3v) is 5.81. The highest BCUT2D eigenvalue weighted by molar-refractivity contribution is 5.92. The maximum absolute atomic E-state index is 13.0. The Bertz CT molecular complexity index is 794. The number of likely N-dealkylation sites (N-methyl/N-ethyl adjacent to an activating group) is 1. The summed E-state index contributed by atoms with van der Waals surface area (Å²) < 4.78 is 13.0. The number of carbonyl (C=O) groups is 1. The van der Waals surface area contributed by atoms with Crippen molar-refractivity contribution in [2.75, 3.05) is 33.2 Å². The molecule has 1 amide bonds. The average Bonchev–Trinajstić information content (AvgIpc) is 2.75. The molecule has 29 heavy (non-hydrogen) atoms. The Morgan fingerprint density at radius 3 is 2.34 bits per heavy atom. The fraction of sp³-hybridized carbons (Fsp3) is 0.500.